The predicted molar refractivity (Wildman–Crippen MR) is 98.1 cm³/mol. The second-order valence-corrected chi connectivity index (χ2v) is 7.70. The summed E-state index contributed by atoms with van der Waals surface area (Å²) < 4.78 is 74.0. The summed E-state index contributed by atoms with van der Waals surface area (Å²) in [6.45, 7) is 0.717. The molecule has 0 spiro atoms. The number of halogens is 6. The maximum absolute atomic E-state index is 14.6. The first-order valence-corrected chi connectivity index (χ1v) is 9.43. The van der Waals surface area contributed by atoms with Crippen molar-refractivity contribution in [3.63, 3.8) is 0 Å². The first-order valence-electron chi connectivity index (χ1n) is 9.05. The summed E-state index contributed by atoms with van der Waals surface area (Å²) >= 11 is 4.74. The van der Waals surface area contributed by atoms with Crippen molar-refractivity contribution in [2.75, 3.05) is 13.7 Å². The predicted octanol–water partition coefficient (Wildman–Crippen LogP) is 6.98. The summed E-state index contributed by atoms with van der Waals surface area (Å²) in [5, 5.41) is -4.18. The summed E-state index contributed by atoms with van der Waals surface area (Å²) in [4.78, 5) is 0. The van der Waals surface area contributed by atoms with E-state index in [1.54, 1.807) is 13.2 Å². The van der Waals surface area contributed by atoms with Gasteiger partial charge in [-0.25, -0.2) is 13.2 Å². The van der Waals surface area contributed by atoms with Gasteiger partial charge in [-0.3, -0.25) is 0 Å². The number of ether oxygens (including phenoxy) is 1. The molecule has 1 aliphatic rings. The Labute approximate surface area is 165 Å². The third kappa shape index (κ3) is 4.49. The Morgan fingerprint density at radius 2 is 1.57 bits per heavy atom. The van der Waals surface area contributed by atoms with Crippen LogP contribution in [0.15, 0.2) is 30.3 Å². The average molecular weight is 419 g/mol. The molecular weight excluding hydrogens is 399 g/mol. The molecule has 7 heteroatoms. The largest absolute Gasteiger partial charge is 0.384 e. The molecule has 0 aromatic heterocycles. The molecule has 28 heavy (non-hydrogen) atoms. The molecule has 1 fully saturated rings. The molecule has 152 valence electrons. The van der Waals surface area contributed by atoms with Crippen molar-refractivity contribution in [1.82, 2.24) is 0 Å². The maximum atomic E-state index is 14.6. The molecule has 0 amide bonds. The topological polar surface area (TPSA) is 9.23 Å². The SMILES string of the molecule is COCC1CCC(c2ccc(-c3cc(F)c(C(F)(F)Cl)c(F)c3)c(F)c2)CC1. The van der Waals surface area contributed by atoms with E-state index in [2.05, 4.69) is 0 Å². The molecule has 2 aromatic carbocycles. The number of benzene rings is 2. The lowest BCUT2D eigenvalue weighted by Crippen LogP contribution is -2.17. The van der Waals surface area contributed by atoms with E-state index in [0.29, 0.717) is 24.7 Å². The summed E-state index contributed by atoms with van der Waals surface area (Å²) in [7, 11) is 1.67. The molecule has 3 rings (SSSR count). The van der Waals surface area contributed by atoms with Crippen LogP contribution in [0.4, 0.5) is 22.0 Å². The Bertz CT molecular complexity index is 818. The zero-order valence-electron chi connectivity index (χ0n) is 15.3. The summed E-state index contributed by atoms with van der Waals surface area (Å²) in [5.74, 6) is -2.97. The number of hydrogen-bond donors (Lipinski definition) is 0. The van der Waals surface area contributed by atoms with Gasteiger partial charge in [-0.15, -0.1) is 0 Å². The smallest absolute Gasteiger partial charge is 0.353 e. The van der Waals surface area contributed by atoms with Crippen LogP contribution in [0.3, 0.4) is 0 Å². The molecule has 0 aliphatic heterocycles. The van der Waals surface area contributed by atoms with Gasteiger partial charge in [0.2, 0.25) is 0 Å². The fourth-order valence-corrected chi connectivity index (χ4v) is 4.10. The highest BCUT2D eigenvalue weighted by Gasteiger charge is 2.35. The molecule has 1 saturated carbocycles. The van der Waals surface area contributed by atoms with Crippen LogP contribution < -0.4 is 0 Å². The van der Waals surface area contributed by atoms with E-state index in [1.165, 1.54) is 12.1 Å². The Morgan fingerprint density at radius 3 is 2.07 bits per heavy atom. The van der Waals surface area contributed by atoms with Gasteiger partial charge in [0.1, 0.15) is 23.0 Å². The molecule has 0 N–H and O–H groups in total. The van der Waals surface area contributed by atoms with Crippen LogP contribution in [0.5, 0.6) is 0 Å². The standard InChI is InChI=1S/C21H20ClF5O/c1-28-11-12-2-4-13(5-3-12)14-6-7-16(17(23)8-14)15-9-18(24)20(19(25)10-15)21(22,26)27/h6-10,12-13H,2-5,11H2,1H3. The second kappa shape index (κ2) is 8.37. The van der Waals surface area contributed by atoms with Gasteiger partial charge in [0.15, 0.2) is 0 Å². The average Bonchev–Trinajstić information content (AvgIpc) is 2.60. The van der Waals surface area contributed by atoms with Crippen molar-refractivity contribution in [3.8, 4) is 11.1 Å². The molecule has 2 aromatic rings. The maximum Gasteiger partial charge on any atom is 0.353 e. The van der Waals surface area contributed by atoms with E-state index < -0.39 is 28.4 Å². The molecular formula is C21H20ClF5O. The molecule has 1 aliphatic carbocycles. The highest BCUT2D eigenvalue weighted by Crippen LogP contribution is 2.40. The number of methoxy groups -OCH3 is 1. The van der Waals surface area contributed by atoms with Gasteiger partial charge in [-0.2, -0.15) is 8.78 Å². The van der Waals surface area contributed by atoms with E-state index in [-0.39, 0.29) is 17.0 Å². The van der Waals surface area contributed by atoms with Crippen LogP contribution >= 0.6 is 11.6 Å². The van der Waals surface area contributed by atoms with Gasteiger partial charge >= 0.3 is 5.38 Å². The third-order valence-corrected chi connectivity index (χ3v) is 5.54. The summed E-state index contributed by atoms with van der Waals surface area (Å²) in [6.07, 6.45) is 3.81. The van der Waals surface area contributed by atoms with E-state index in [4.69, 9.17) is 16.3 Å². The minimum atomic E-state index is -4.18. The van der Waals surface area contributed by atoms with Crippen LogP contribution in [0, 0.1) is 23.4 Å². The third-order valence-electron chi connectivity index (χ3n) is 5.35. The van der Waals surface area contributed by atoms with Crippen molar-refractivity contribution in [2.45, 2.75) is 37.0 Å². The fourth-order valence-electron chi connectivity index (χ4n) is 3.92. The zero-order chi connectivity index (χ0) is 20.5. The first kappa shape index (κ1) is 21.1. The van der Waals surface area contributed by atoms with Crippen LogP contribution in [0.2, 0.25) is 0 Å². The molecule has 1 nitrogen and oxygen atoms in total. The van der Waals surface area contributed by atoms with Crippen LogP contribution in [0.1, 0.15) is 42.7 Å². The highest BCUT2D eigenvalue weighted by atomic mass is 35.5. The van der Waals surface area contributed by atoms with Crippen molar-refractivity contribution >= 4 is 11.6 Å². The molecule has 0 atom stereocenters. The molecule has 0 unspecified atom stereocenters. The van der Waals surface area contributed by atoms with E-state index in [1.807, 2.05) is 0 Å². The van der Waals surface area contributed by atoms with E-state index in [0.717, 1.165) is 31.2 Å². The van der Waals surface area contributed by atoms with Crippen molar-refractivity contribution in [3.05, 3.63) is 58.9 Å². The fraction of sp³-hybridized carbons (Fsp3) is 0.429. The lowest BCUT2D eigenvalue weighted by molar-refractivity contribution is 0.0859. The van der Waals surface area contributed by atoms with Gasteiger partial charge in [-0.05, 0) is 78.4 Å². The Morgan fingerprint density at radius 1 is 0.964 bits per heavy atom. The first-order chi connectivity index (χ1) is 13.2. The molecule has 0 radical (unpaired) electrons. The minimum Gasteiger partial charge on any atom is -0.384 e. The molecule has 0 saturated heterocycles. The van der Waals surface area contributed by atoms with Gasteiger partial charge in [-0.1, -0.05) is 12.1 Å². The van der Waals surface area contributed by atoms with E-state index >= 15 is 0 Å². The van der Waals surface area contributed by atoms with E-state index in [9.17, 15) is 22.0 Å². The molecule has 0 heterocycles. The van der Waals surface area contributed by atoms with Gasteiger partial charge in [0.05, 0.1) is 0 Å². The number of alkyl halides is 3. The Balaban J connectivity index is 1.84. The van der Waals surface area contributed by atoms with Crippen LogP contribution in [0.25, 0.3) is 11.1 Å². The monoisotopic (exact) mass is 418 g/mol. The normalized spacial score (nSPS) is 20.4. The lowest BCUT2D eigenvalue weighted by atomic mass is 9.78. The highest BCUT2D eigenvalue weighted by molar-refractivity contribution is 6.21. The van der Waals surface area contributed by atoms with Gasteiger partial charge in [0, 0.05) is 19.3 Å². The molecule has 0 bridgehead atoms. The Hall–Kier alpha value is -1.66. The lowest BCUT2D eigenvalue weighted by Gasteiger charge is -2.28. The summed E-state index contributed by atoms with van der Waals surface area (Å²) in [6, 6.07) is 5.85. The minimum absolute atomic E-state index is 0.0564. The van der Waals surface area contributed by atoms with Crippen molar-refractivity contribution in [2.24, 2.45) is 5.92 Å². The number of rotatable bonds is 5. The van der Waals surface area contributed by atoms with Gasteiger partial charge in [0.25, 0.3) is 0 Å². The summed E-state index contributed by atoms with van der Waals surface area (Å²) in [5.41, 5.74) is -0.934. The zero-order valence-corrected chi connectivity index (χ0v) is 16.0. The second-order valence-electron chi connectivity index (χ2n) is 7.22. The number of hydrogen-bond acceptors (Lipinski definition) is 1. The van der Waals surface area contributed by atoms with Crippen LogP contribution in [-0.2, 0) is 10.1 Å². The van der Waals surface area contributed by atoms with Gasteiger partial charge < -0.3 is 4.74 Å². The van der Waals surface area contributed by atoms with Crippen LogP contribution in [-0.4, -0.2) is 13.7 Å². The van der Waals surface area contributed by atoms with Crippen molar-refractivity contribution in [1.29, 1.82) is 0 Å². The van der Waals surface area contributed by atoms with Crippen molar-refractivity contribution < 1.29 is 26.7 Å². The quantitative estimate of drug-likeness (QED) is 0.376. The Kier molecular flexibility index (Phi) is 6.30.